The molecule has 0 fully saturated rings. The van der Waals surface area contributed by atoms with Crippen LogP contribution >= 0.6 is 0 Å². The average Bonchev–Trinajstić information content (AvgIpc) is 0.779. The number of esters is 1. The lowest BCUT2D eigenvalue weighted by Crippen LogP contribution is -2.38. The van der Waals surface area contributed by atoms with Gasteiger partial charge in [0.15, 0.2) is 29.7 Å². The number of nitrogens with zero attached hydrogens (tertiary/aromatic N) is 1. The third-order valence-corrected chi connectivity index (χ3v) is 21.6. The number of alkyl carbamates (subject to hydrolysis) is 2. The molecular formula is C86H113F3N4O13S2. The molecule has 5 aromatic carbocycles. The number of hydrogen-bond acceptors (Lipinski definition) is 14. The fourth-order valence-corrected chi connectivity index (χ4v) is 15.3. The van der Waals surface area contributed by atoms with E-state index in [-0.39, 0.29) is 53.1 Å². The van der Waals surface area contributed by atoms with E-state index in [4.69, 9.17) is 15.2 Å². The summed E-state index contributed by atoms with van der Waals surface area (Å²) in [5.41, 5.74) is 17.0. The molecule has 0 saturated carbocycles. The molecule has 0 aliphatic heterocycles. The Morgan fingerprint density at radius 1 is 0.519 bits per heavy atom. The minimum Gasteiger partial charge on any atom is -0.466 e. The van der Waals surface area contributed by atoms with Crippen LogP contribution in [0, 0.1) is 16.2 Å². The number of sulfonamides is 2. The van der Waals surface area contributed by atoms with Crippen LogP contribution in [0.3, 0.4) is 0 Å². The lowest BCUT2D eigenvalue weighted by Gasteiger charge is -2.32. The normalized spacial score (nSPS) is 16.2. The van der Waals surface area contributed by atoms with Gasteiger partial charge in [0.1, 0.15) is 11.2 Å². The molecule has 0 spiro atoms. The fraction of sp³-hybridized carbons (Fsp3) is 0.442. The molecule has 3 aliphatic rings. The van der Waals surface area contributed by atoms with Gasteiger partial charge in [-0.25, -0.2) is 35.2 Å². The van der Waals surface area contributed by atoms with Gasteiger partial charge >= 0.3 is 18.2 Å². The van der Waals surface area contributed by atoms with E-state index in [1.165, 1.54) is 109 Å². The van der Waals surface area contributed by atoms with Crippen molar-refractivity contribution in [2.75, 3.05) is 26.2 Å². The Kier molecular flexibility index (Phi) is 35.3. The standard InChI is InChI=1S/C25H34FNO3.C25H35NO3.C20H26FNO.C12H10FNO4S2.C4H8O2/c1-17-9-8-14-25(5,6)20(17)13-12-18-10-7-11-19(15-18)22(28)21(26)16-27-23(29)30-24(2,3)4;1-18-9-8-15-25(5,6)21(18)13-12-19-10-7-11-20(17-19)22(27)14-16-26-23(28)29-24(2,3)4;1-14-6-5-11-20(2,3)17(14)10-9-15-7-4-8-16(12-15)19(23)18(21)13-22;13-14(19(15,16)11-7-3-1-4-8-11)20(17,18)12-9-5-2-6-10-12;1-3-6-4(2)5/h7,10-13,15,21H,8-9,14,16H2,1-6H3,(H,27,29);7,10-13,17H,8-9,14-16H2,1-6H3,(H,26,28);4,7-10,12,18H,5-6,11,13,22H2,1-3H3;1-10H;3H2,1-2H3/b2*13-12+;10-9+;;. The average molecular weight is 1530 g/mol. The zero-order valence-corrected chi connectivity index (χ0v) is 67.6. The molecule has 5 aromatic rings. The van der Waals surface area contributed by atoms with E-state index in [0.717, 1.165) is 66.6 Å². The Bertz CT molecular complexity index is 4250. The van der Waals surface area contributed by atoms with Gasteiger partial charge in [0.05, 0.1) is 26.9 Å². The maximum atomic E-state index is 14.4. The first kappa shape index (κ1) is 91.6. The number of carbonyl (C=O) groups excluding carboxylic acids is 6. The number of ether oxygens (including phenoxy) is 3. The summed E-state index contributed by atoms with van der Waals surface area (Å²) < 4.78 is 103. The van der Waals surface area contributed by atoms with Crippen LogP contribution in [-0.4, -0.2) is 106 Å². The molecule has 2 unspecified atom stereocenters. The van der Waals surface area contributed by atoms with E-state index < -0.39 is 87.6 Å². The van der Waals surface area contributed by atoms with Crippen molar-refractivity contribution in [3.05, 3.63) is 219 Å². The molecule has 2 amide bonds. The predicted molar refractivity (Wildman–Crippen MR) is 425 cm³/mol. The number of rotatable bonds is 22. The van der Waals surface area contributed by atoms with Crippen molar-refractivity contribution in [3.63, 3.8) is 0 Å². The second kappa shape index (κ2) is 41.7. The summed E-state index contributed by atoms with van der Waals surface area (Å²) in [6.45, 7) is 34.0. The van der Waals surface area contributed by atoms with Gasteiger partial charge in [-0.1, -0.05) is 186 Å². The van der Waals surface area contributed by atoms with Gasteiger partial charge in [-0.2, -0.15) is 0 Å². The summed E-state index contributed by atoms with van der Waals surface area (Å²) in [6.07, 6.45) is 18.7. The van der Waals surface area contributed by atoms with Crippen LogP contribution in [0.1, 0.15) is 230 Å². The van der Waals surface area contributed by atoms with E-state index in [0.29, 0.717) is 17.7 Å². The third kappa shape index (κ3) is 30.0. The van der Waals surface area contributed by atoms with Gasteiger partial charge in [0, 0.05) is 43.1 Å². The summed E-state index contributed by atoms with van der Waals surface area (Å²) in [6, 6.07) is 34.6. The zero-order chi connectivity index (χ0) is 81.0. The van der Waals surface area contributed by atoms with Crippen LogP contribution in [0.4, 0.5) is 22.9 Å². The summed E-state index contributed by atoms with van der Waals surface area (Å²) in [7, 11) is -9.53. The number of Topliss-reactive ketones (excluding diaryl/α,β-unsaturated/α-hetero) is 3. The first-order chi connectivity index (χ1) is 50.3. The van der Waals surface area contributed by atoms with Crippen molar-refractivity contribution in [1.82, 2.24) is 14.6 Å². The largest absolute Gasteiger partial charge is 0.466 e. The van der Waals surface area contributed by atoms with Crippen LogP contribution in [-0.2, 0) is 39.1 Å². The van der Waals surface area contributed by atoms with Gasteiger partial charge in [-0.3, -0.25) is 19.2 Å². The fourth-order valence-electron chi connectivity index (χ4n) is 12.4. The SMILES string of the molecule is CC1=C(/C=C/c2cccc(C(=O)C(F)CN)c2)C(C)(C)CCC1.CC1=C(/C=C/c2cccc(C(=O)C(F)CNC(=O)OC(C)(C)C)c2)C(C)(C)CCC1.CC1=C(/C=C/c2cccc(C(=O)CCNC(=O)OC(C)(C)C)c2)C(C)(C)CCC1.CCOC(C)=O.O=S(=O)(c1ccccc1)N(F)S(=O)(=O)c1ccccc1. The van der Waals surface area contributed by atoms with Crippen molar-refractivity contribution >= 4 is 73.8 Å². The second-order valence-electron chi connectivity index (χ2n) is 30.8. The summed E-state index contributed by atoms with van der Waals surface area (Å²) in [4.78, 5) is 69.1. The molecule has 588 valence electrons. The van der Waals surface area contributed by atoms with Gasteiger partial charge < -0.3 is 30.6 Å². The quantitative estimate of drug-likeness (QED) is 0.0252. The summed E-state index contributed by atoms with van der Waals surface area (Å²) >= 11 is 0. The van der Waals surface area contributed by atoms with Crippen molar-refractivity contribution in [2.24, 2.45) is 22.0 Å². The number of allylic oxidation sites excluding steroid dienone is 9. The second-order valence-corrected chi connectivity index (χ2v) is 34.5. The molecule has 0 bridgehead atoms. The molecule has 0 aromatic heterocycles. The maximum Gasteiger partial charge on any atom is 0.407 e. The van der Waals surface area contributed by atoms with E-state index in [1.807, 2.05) is 69.3 Å². The highest BCUT2D eigenvalue weighted by Crippen LogP contribution is 2.43. The van der Waals surface area contributed by atoms with Gasteiger partial charge in [0.25, 0.3) is 20.0 Å². The molecule has 0 saturated heterocycles. The molecular weight excluding hydrogens is 1420 g/mol. The van der Waals surface area contributed by atoms with Crippen LogP contribution in [0.25, 0.3) is 18.2 Å². The summed E-state index contributed by atoms with van der Waals surface area (Å²) in [5, 5.41) is 4.94. The Balaban J connectivity index is 0.000000299. The number of amides is 2. The Morgan fingerprint density at radius 3 is 1.19 bits per heavy atom. The maximum absolute atomic E-state index is 14.4. The number of alkyl halides is 2. The molecule has 108 heavy (non-hydrogen) atoms. The van der Waals surface area contributed by atoms with Gasteiger partial charge in [-0.05, 0) is 219 Å². The van der Waals surface area contributed by atoms with Crippen LogP contribution in [0.2, 0.25) is 0 Å². The lowest BCUT2D eigenvalue weighted by molar-refractivity contribution is -0.140. The molecule has 8 rings (SSSR count). The van der Waals surface area contributed by atoms with Crippen molar-refractivity contribution in [2.45, 2.75) is 215 Å². The Morgan fingerprint density at radius 2 is 0.861 bits per heavy atom. The first-order valence-electron chi connectivity index (χ1n) is 36.5. The number of halogens is 3. The van der Waals surface area contributed by atoms with Crippen LogP contribution in [0.5, 0.6) is 0 Å². The molecule has 22 heteroatoms. The first-order valence-corrected chi connectivity index (χ1v) is 39.4. The minimum absolute atomic E-state index is 0.00435. The highest BCUT2D eigenvalue weighted by Gasteiger charge is 2.38. The topological polar surface area (TPSA) is 252 Å². The zero-order valence-electron chi connectivity index (χ0n) is 66.0. The molecule has 0 heterocycles. The molecule has 17 nitrogen and oxygen atoms in total. The van der Waals surface area contributed by atoms with Crippen molar-refractivity contribution < 1.29 is 73.1 Å². The molecule has 2 atom stereocenters. The van der Waals surface area contributed by atoms with Gasteiger partial charge in [0.2, 0.25) is 0 Å². The van der Waals surface area contributed by atoms with E-state index in [2.05, 4.69) is 102 Å². The number of carbonyl (C=O) groups is 6. The van der Waals surface area contributed by atoms with E-state index in [1.54, 1.807) is 64.1 Å². The number of ketones is 3. The predicted octanol–water partition coefficient (Wildman–Crippen LogP) is 19.8. The van der Waals surface area contributed by atoms with E-state index >= 15 is 0 Å². The van der Waals surface area contributed by atoms with Crippen LogP contribution < -0.4 is 16.4 Å². The van der Waals surface area contributed by atoms with E-state index in [9.17, 15) is 58.9 Å². The van der Waals surface area contributed by atoms with Crippen molar-refractivity contribution in [3.8, 4) is 0 Å². The smallest absolute Gasteiger partial charge is 0.407 e. The van der Waals surface area contributed by atoms with Crippen LogP contribution in [0.15, 0.2) is 195 Å². The highest BCUT2D eigenvalue weighted by molar-refractivity contribution is 8.03. The monoisotopic (exact) mass is 1530 g/mol. The third-order valence-electron chi connectivity index (χ3n) is 17.9. The number of nitrogens with one attached hydrogen (secondary N) is 2. The molecule has 0 radical (unpaired) electrons. The minimum atomic E-state index is -4.77. The number of benzene rings is 5. The highest BCUT2D eigenvalue weighted by atomic mass is 32.3. The molecule has 4 N–H and O–H groups in total. The molecule has 3 aliphatic carbocycles. The number of hydrogen-bond donors (Lipinski definition) is 3. The Hall–Kier alpha value is -8.83. The number of nitrogens with two attached hydrogens (primary N) is 1. The lowest BCUT2D eigenvalue weighted by atomic mass is 9.72. The van der Waals surface area contributed by atoms with Gasteiger partial charge in [-0.15, -0.1) is 4.48 Å². The van der Waals surface area contributed by atoms with Crippen molar-refractivity contribution in [1.29, 1.82) is 0 Å². The Labute approximate surface area is 639 Å². The summed E-state index contributed by atoms with van der Waals surface area (Å²) in [5.74, 6) is -1.41.